The molecule has 0 bridgehead atoms. The summed E-state index contributed by atoms with van der Waals surface area (Å²) >= 11 is 0. The van der Waals surface area contributed by atoms with Gasteiger partial charge in [0.1, 0.15) is 17.3 Å². The molecule has 1 unspecified atom stereocenters. The number of carbonyl (C=O) groups is 2. The zero-order valence-electron chi connectivity index (χ0n) is 17.7. The van der Waals surface area contributed by atoms with Crippen LogP contribution in [-0.2, 0) is 11.2 Å². The van der Waals surface area contributed by atoms with Crippen molar-refractivity contribution in [1.29, 1.82) is 0 Å². The third-order valence-electron chi connectivity index (χ3n) is 6.25. The van der Waals surface area contributed by atoms with Gasteiger partial charge in [0.15, 0.2) is 0 Å². The molecule has 7 nitrogen and oxygen atoms in total. The quantitative estimate of drug-likeness (QED) is 0.507. The van der Waals surface area contributed by atoms with Crippen LogP contribution in [0.1, 0.15) is 22.5 Å². The van der Waals surface area contributed by atoms with Gasteiger partial charge < -0.3 is 15.2 Å². The van der Waals surface area contributed by atoms with Gasteiger partial charge in [-0.2, -0.15) is 0 Å². The summed E-state index contributed by atoms with van der Waals surface area (Å²) in [5, 5.41) is 4.81. The average Bonchev–Trinajstić information content (AvgIpc) is 3.47. The van der Waals surface area contributed by atoms with Crippen LogP contribution in [-0.4, -0.2) is 39.9 Å². The molecule has 1 atom stereocenters. The second-order valence-corrected chi connectivity index (χ2v) is 8.36. The third kappa shape index (κ3) is 3.84. The monoisotopic (exact) mass is 444 g/mol. The molecular weight excluding hydrogens is 423 g/mol. The summed E-state index contributed by atoms with van der Waals surface area (Å²) in [4.78, 5) is 31.8. The Morgan fingerprint density at radius 2 is 1.94 bits per heavy atom. The summed E-state index contributed by atoms with van der Waals surface area (Å²) in [6.07, 6.45) is 2.32. The van der Waals surface area contributed by atoms with E-state index in [0.717, 1.165) is 10.9 Å². The maximum atomic E-state index is 13.3. The first-order valence-corrected chi connectivity index (χ1v) is 10.6. The van der Waals surface area contributed by atoms with Crippen LogP contribution in [0.3, 0.4) is 0 Å². The Kier molecular flexibility index (Phi) is 5.12. The lowest BCUT2D eigenvalue weighted by molar-refractivity contribution is -0.127. The fourth-order valence-corrected chi connectivity index (χ4v) is 4.42. The summed E-state index contributed by atoms with van der Waals surface area (Å²) in [6.45, 7) is 0.585. The summed E-state index contributed by atoms with van der Waals surface area (Å²) in [5.41, 5.74) is 7.37. The molecule has 5 rings (SSSR count). The Balaban J connectivity index is 1.38. The molecule has 33 heavy (non-hydrogen) atoms. The van der Waals surface area contributed by atoms with Crippen LogP contribution >= 0.6 is 0 Å². The van der Waals surface area contributed by atoms with Gasteiger partial charge in [-0.1, -0.05) is 17.3 Å². The Hall–Kier alpha value is -4.07. The number of nitrogens with two attached hydrogens (primary N) is 1. The average molecular weight is 444 g/mol. The largest absolute Gasteiger partial charge is 0.369 e. The number of hydrogen-bond donors (Lipinski definition) is 1. The van der Waals surface area contributed by atoms with E-state index in [2.05, 4.69) is 10.1 Å². The molecule has 1 aliphatic rings. The molecule has 4 aromatic rings. The Morgan fingerprint density at radius 1 is 1.12 bits per heavy atom. The number of likely N-dealkylation sites (tertiary alicyclic amines) is 1. The Morgan fingerprint density at radius 3 is 2.73 bits per heavy atom. The number of nitrogens with zero attached hydrogens (tertiary/aromatic N) is 3. The number of carbonyl (C=O) groups excluding carboxylic acids is 2. The van der Waals surface area contributed by atoms with Crippen LogP contribution < -0.4 is 5.73 Å². The molecule has 2 N–H and O–H groups in total. The van der Waals surface area contributed by atoms with Gasteiger partial charge in [-0.05, 0) is 48.9 Å². The first kappa shape index (κ1) is 20.8. The molecular formula is C25H21FN4O3. The number of amides is 2. The smallest absolute Gasteiger partial charge is 0.254 e. The number of hydrogen-bond acceptors (Lipinski definition) is 5. The van der Waals surface area contributed by atoms with E-state index >= 15 is 0 Å². The normalized spacial score (nSPS) is 18.0. The van der Waals surface area contributed by atoms with Crippen LogP contribution in [0.15, 0.2) is 71.4 Å². The third-order valence-corrected chi connectivity index (χ3v) is 6.25. The highest BCUT2D eigenvalue weighted by Gasteiger charge is 2.46. The predicted octanol–water partition coefficient (Wildman–Crippen LogP) is 3.59. The molecule has 2 aromatic heterocycles. The topological polar surface area (TPSA) is 102 Å². The zero-order chi connectivity index (χ0) is 23.0. The minimum absolute atomic E-state index is 0.165. The standard InChI is InChI=1S/C25H21FN4O3/c26-17-8-6-16(7-9-17)22-13-18(33-29-22)14-25(24(27)32)10-12-30(15-25)23(31)20-3-1-5-21-19(20)4-2-11-28-21/h1-9,11,13H,10,12,14-15H2,(H2,27,32). The Bertz CT molecular complexity index is 1350. The van der Waals surface area contributed by atoms with Crippen LogP contribution in [0.2, 0.25) is 0 Å². The highest BCUT2D eigenvalue weighted by Crippen LogP contribution is 2.36. The van der Waals surface area contributed by atoms with Crippen molar-refractivity contribution in [1.82, 2.24) is 15.0 Å². The maximum absolute atomic E-state index is 13.3. The van der Waals surface area contributed by atoms with Crippen molar-refractivity contribution in [2.24, 2.45) is 11.1 Å². The molecule has 2 amide bonds. The van der Waals surface area contributed by atoms with Crippen LogP contribution in [0, 0.1) is 11.2 Å². The van der Waals surface area contributed by atoms with Crippen LogP contribution in [0.5, 0.6) is 0 Å². The fourth-order valence-electron chi connectivity index (χ4n) is 4.42. The van der Waals surface area contributed by atoms with Gasteiger partial charge in [-0.15, -0.1) is 0 Å². The molecule has 0 radical (unpaired) electrons. The predicted molar refractivity (Wildman–Crippen MR) is 119 cm³/mol. The van der Waals surface area contributed by atoms with Gasteiger partial charge in [0.25, 0.3) is 5.91 Å². The number of fused-ring (bicyclic) bond motifs is 1. The molecule has 0 spiro atoms. The van der Waals surface area contributed by atoms with Gasteiger partial charge >= 0.3 is 0 Å². The molecule has 2 aromatic carbocycles. The molecule has 166 valence electrons. The minimum atomic E-state index is -0.960. The van der Waals surface area contributed by atoms with Crippen LogP contribution in [0.25, 0.3) is 22.2 Å². The number of benzene rings is 2. The summed E-state index contributed by atoms with van der Waals surface area (Å²) in [5.74, 6) is -0.511. The van der Waals surface area contributed by atoms with Crippen molar-refractivity contribution in [3.8, 4) is 11.3 Å². The van der Waals surface area contributed by atoms with Crippen molar-refractivity contribution >= 4 is 22.7 Å². The summed E-state index contributed by atoms with van der Waals surface area (Å²) < 4.78 is 18.7. The van der Waals surface area contributed by atoms with E-state index in [-0.39, 0.29) is 24.7 Å². The molecule has 1 saturated heterocycles. The van der Waals surface area contributed by atoms with E-state index in [1.165, 1.54) is 12.1 Å². The van der Waals surface area contributed by atoms with Gasteiger partial charge in [0.2, 0.25) is 5.91 Å². The van der Waals surface area contributed by atoms with Crippen molar-refractivity contribution in [3.63, 3.8) is 0 Å². The lowest BCUT2D eigenvalue weighted by atomic mass is 9.81. The minimum Gasteiger partial charge on any atom is -0.369 e. The highest BCUT2D eigenvalue weighted by atomic mass is 19.1. The van der Waals surface area contributed by atoms with Crippen molar-refractivity contribution in [2.45, 2.75) is 12.8 Å². The van der Waals surface area contributed by atoms with E-state index in [1.54, 1.807) is 47.5 Å². The van der Waals surface area contributed by atoms with Crippen LogP contribution in [0.4, 0.5) is 4.39 Å². The molecule has 8 heteroatoms. The zero-order valence-corrected chi connectivity index (χ0v) is 17.7. The number of halogens is 1. The summed E-state index contributed by atoms with van der Waals surface area (Å²) in [7, 11) is 0. The molecule has 0 saturated carbocycles. The first-order chi connectivity index (χ1) is 15.9. The lowest BCUT2D eigenvalue weighted by Gasteiger charge is -2.25. The number of aromatic nitrogens is 2. The van der Waals surface area contributed by atoms with Gasteiger partial charge in [-0.25, -0.2) is 4.39 Å². The molecule has 3 heterocycles. The summed E-state index contributed by atoms with van der Waals surface area (Å²) in [6, 6.07) is 16.7. The van der Waals surface area contributed by atoms with Crippen molar-refractivity contribution in [3.05, 3.63) is 84.0 Å². The van der Waals surface area contributed by atoms with E-state index in [0.29, 0.717) is 35.5 Å². The Labute approximate surface area is 189 Å². The second-order valence-electron chi connectivity index (χ2n) is 8.36. The van der Waals surface area contributed by atoms with Crippen molar-refractivity contribution in [2.75, 3.05) is 13.1 Å². The molecule has 1 aliphatic heterocycles. The molecule has 0 aliphatic carbocycles. The van der Waals surface area contributed by atoms with E-state index in [1.807, 2.05) is 12.1 Å². The fraction of sp³-hybridized carbons (Fsp3) is 0.200. The SMILES string of the molecule is NC(=O)C1(Cc2cc(-c3ccc(F)cc3)no2)CCN(C(=O)c2cccc3ncccc23)C1. The highest BCUT2D eigenvalue weighted by molar-refractivity contribution is 6.06. The number of primary amides is 1. The second kappa shape index (κ2) is 8.12. The maximum Gasteiger partial charge on any atom is 0.254 e. The lowest BCUT2D eigenvalue weighted by Crippen LogP contribution is -2.42. The number of rotatable bonds is 5. The molecule has 1 fully saturated rings. The van der Waals surface area contributed by atoms with Gasteiger partial charge in [-0.3, -0.25) is 14.6 Å². The first-order valence-electron chi connectivity index (χ1n) is 10.6. The van der Waals surface area contributed by atoms with Crippen molar-refractivity contribution < 1.29 is 18.5 Å². The van der Waals surface area contributed by atoms with Gasteiger partial charge in [0, 0.05) is 48.3 Å². The number of pyridine rings is 1. The van der Waals surface area contributed by atoms with E-state index < -0.39 is 11.3 Å². The van der Waals surface area contributed by atoms with E-state index in [9.17, 15) is 14.0 Å². The van der Waals surface area contributed by atoms with Gasteiger partial charge in [0.05, 0.1) is 10.9 Å². The van der Waals surface area contributed by atoms with E-state index in [4.69, 9.17) is 10.3 Å².